The van der Waals surface area contributed by atoms with Crippen LogP contribution in [0.15, 0.2) is 65.7 Å². The van der Waals surface area contributed by atoms with E-state index in [4.69, 9.17) is 4.98 Å². The Morgan fingerprint density at radius 2 is 1.87 bits per heavy atom. The predicted molar refractivity (Wildman–Crippen MR) is 119 cm³/mol. The quantitative estimate of drug-likeness (QED) is 0.656. The topological polar surface area (TPSA) is 83.3 Å². The number of nitrogens with zero attached hydrogens (tertiary/aromatic N) is 4. The van der Waals surface area contributed by atoms with Gasteiger partial charge in [-0.15, -0.1) is 0 Å². The third-order valence-electron chi connectivity index (χ3n) is 5.20. The molecule has 3 heterocycles. The Bertz CT molecular complexity index is 1050. The van der Waals surface area contributed by atoms with Gasteiger partial charge >= 0.3 is 0 Å². The summed E-state index contributed by atoms with van der Waals surface area (Å²) in [5, 5.41) is 13.9. The Hall–Kier alpha value is -3.19. The van der Waals surface area contributed by atoms with E-state index in [1.54, 1.807) is 23.0 Å². The molecular weight excluding hydrogens is 378 g/mol. The molecule has 30 heavy (non-hydrogen) atoms. The maximum absolute atomic E-state index is 12.9. The number of aromatic nitrogens is 3. The molecule has 1 atom stereocenters. The largest absolute Gasteiger partial charge is 0.389 e. The monoisotopic (exact) mass is 405 g/mol. The van der Waals surface area contributed by atoms with Crippen molar-refractivity contribution in [2.75, 3.05) is 29.9 Å². The van der Waals surface area contributed by atoms with Crippen LogP contribution in [0, 0.1) is 5.41 Å². The molecular formula is C23H27N5O2. The van der Waals surface area contributed by atoms with Crippen molar-refractivity contribution in [3.05, 3.63) is 71.3 Å². The highest BCUT2D eigenvalue weighted by Crippen LogP contribution is 2.30. The van der Waals surface area contributed by atoms with E-state index in [9.17, 15) is 9.90 Å². The summed E-state index contributed by atoms with van der Waals surface area (Å²) in [5.74, 6) is 0.604. The minimum Gasteiger partial charge on any atom is -0.389 e. The zero-order chi connectivity index (χ0) is 21.1. The van der Waals surface area contributed by atoms with E-state index in [1.165, 1.54) is 0 Å². The van der Waals surface area contributed by atoms with Gasteiger partial charge in [-0.05, 0) is 24.3 Å². The molecule has 2 N–H and O–H groups in total. The Morgan fingerprint density at radius 3 is 2.60 bits per heavy atom. The third-order valence-corrected chi connectivity index (χ3v) is 5.20. The maximum Gasteiger partial charge on any atom is 0.255 e. The van der Waals surface area contributed by atoms with Gasteiger partial charge in [0.05, 0.1) is 11.8 Å². The highest BCUT2D eigenvalue weighted by molar-refractivity contribution is 5.59. The van der Waals surface area contributed by atoms with Crippen molar-refractivity contribution in [1.29, 1.82) is 0 Å². The van der Waals surface area contributed by atoms with Gasteiger partial charge in [-0.25, -0.2) is 4.98 Å². The number of anilines is 2. The van der Waals surface area contributed by atoms with E-state index in [-0.39, 0.29) is 11.0 Å². The van der Waals surface area contributed by atoms with Gasteiger partial charge in [0.15, 0.2) is 0 Å². The Balaban J connectivity index is 1.59. The lowest BCUT2D eigenvalue weighted by Crippen LogP contribution is -2.50. The van der Waals surface area contributed by atoms with Gasteiger partial charge in [-0.3, -0.25) is 14.3 Å². The Labute approximate surface area is 176 Å². The fraction of sp³-hybridized carbons (Fsp3) is 0.348. The zero-order valence-corrected chi connectivity index (χ0v) is 17.3. The molecule has 1 aliphatic rings. The van der Waals surface area contributed by atoms with Gasteiger partial charge < -0.3 is 15.3 Å². The second-order valence-corrected chi connectivity index (χ2v) is 8.55. The summed E-state index contributed by atoms with van der Waals surface area (Å²) in [6.45, 7) is 6.35. The number of hydrogen-bond donors (Lipinski definition) is 2. The molecule has 0 aliphatic carbocycles. The van der Waals surface area contributed by atoms with Crippen LogP contribution in [0.3, 0.4) is 0 Å². The summed E-state index contributed by atoms with van der Waals surface area (Å²) in [4.78, 5) is 23.7. The van der Waals surface area contributed by atoms with E-state index in [2.05, 4.69) is 24.1 Å². The Morgan fingerprint density at radius 1 is 1.13 bits per heavy atom. The minimum atomic E-state index is -0.617. The fourth-order valence-corrected chi connectivity index (χ4v) is 3.88. The number of fused-ring (bicyclic) bond motifs is 1. The average Bonchev–Trinajstić information content (AvgIpc) is 2.74. The van der Waals surface area contributed by atoms with E-state index in [0.29, 0.717) is 37.8 Å². The van der Waals surface area contributed by atoms with Crippen LogP contribution in [0.2, 0.25) is 0 Å². The van der Waals surface area contributed by atoms with Crippen LogP contribution < -0.4 is 15.8 Å². The highest BCUT2D eigenvalue weighted by atomic mass is 16.3. The summed E-state index contributed by atoms with van der Waals surface area (Å²) >= 11 is 0. The molecule has 7 heteroatoms. The van der Waals surface area contributed by atoms with Crippen molar-refractivity contribution in [1.82, 2.24) is 14.5 Å². The fourth-order valence-electron chi connectivity index (χ4n) is 3.88. The first-order valence-corrected chi connectivity index (χ1v) is 10.2. The van der Waals surface area contributed by atoms with Crippen LogP contribution in [-0.4, -0.2) is 45.4 Å². The summed E-state index contributed by atoms with van der Waals surface area (Å²) < 4.78 is 1.71. The van der Waals surface area contributed by atoms with E-state index < -0.39 is 6.10 Å². The molecule has 0 radical (unpaired) electrons. The molecule has 7 nitrogen and oxygen atoms in total. The van der Waals surface area contributed by atoms with Crippen molar-refractivity contribution in [3.8, 4) is 11.3 Å². The minimum absolute atomic E-state index is 0.0820. The molecule has 0 spiro atoms. The number of pyridine rings is 1. The standard InChI is InChI=1S/C23H27N5O2/c1-23(2)15-27(14-19(29)13-25-18-6-4-3-5-7-18)22-26-20(12-21(30)28(22)16-23)17-8-10-24-11-9-17/h3-12,19,25,29H,13-16H2,1-2H3. The SMILES string of the molecule is CC1(C)CN(CC(O)CNc2ccccc2)c2nc(-c3ccncc3)cc(=O)n2C1. The molecule has 0 bridgehead atoms. The van der Waals surface area contributed by atoms with Gasteiger partial charge in [-0.1, -0.05) is 32.0 Å². The maximum atomic E-state index is 12.9. The van der Waals surface area contributed by atoms with Gasteiger partial charge in [0.1, 0.15) is 0 Å². The lowest BCUT2D eigenvalue weighted by molar-refractivity contribution is 0.180. The first-order chi connectivity index (χ1) is 14.4. The van der Waals surface area contributed by atoms with Crippen molar-refractivity contribution >= 4 is 11.6 Å². The second-order valence-electron chi connectivity index (χ2n) is 8.55. The predicted octanol–water partition coefficient (Wildman–Crippen LogP) is 2.62. The first-order valence-electron chi connectivity index (χ1n) is 10.2. The second kappa shape index (κ2) is 8.28. The molecule has 3 aromatic rings. The molecule has 0 saturated carbocycles. The third kappa shape index (κ3) is 4.52. The number of rotatable bonds is 6. The van der Waals surface area contributed by atoms with Gasteiger partial charge in [0.2, 0.25) is 5.95 Å². The summed E-state index contributed by atoms with van der Waals surface area (Å²) in [6, 6.07) is 15.1. The number of aliphatic hydroxyl groups excluding tert-OH is 1. The average molecular weight is 406 g/mol. The first kappa shape index (κ1) is 20.1. The van der Waals surface area contributed by atoms with Crippen LogP contribution >= 0.6 is 0 Å². The van der Waals surface area contributed by atoms with Crippen molar-refractivity contribution in [2.24, 2.45) is 5.41 Å². The lowest BCUT2D eigenvalue weighted by atomic mass is 9.91. The van der Waals surface area contributed by atoms with Crippen LogP contribution in [-0.2, 0) is 6.54 Å². The highest BCUT2D eigenvalue weighted by Gasteiger charge is 2.33. The van der Waals surface area contributed by atoms with E-state index >= 15 is 0 Å². The van der Waals surface area contributed by atoms with Crippen LogP contribution in [0.1, 0.15) is 13.8 Å². The number of aliphatic hydroxyl groups is 1. The number of para-hydroxylation sites is 1. The smallest absolute Gasteiger partial charge is 0.255 e. The summed E-state index contributed by atoms with van der Waals surface area (Å²) in [6.07, 6.45) is 2.76. The molecule has 156 valence electrons. The van der Waals surface area contributed by atoms with Gasteiger partial charge in [-0.2, -0.15) is 0 Å². The molecule has 2 aromatic heterocycles. The van der Waals surface area contributed by atoms with E-state index in [0.717, 1.165) is 11.3 Å². The molecule has 1 aliphatic heterocycles. The van der Waals surface area contributed by atoms with Crippen LogP contribution in [0.4, 0.5) is 11.6 Å². The summed E-state index contributed by atoms with van der Waals surface area (Å²) in [5.41, 5.74) is 2.24. The van der Waals surface area contributed by atoms with Gasteiger partial charge in [0, 0.05) is 61.3 Å². The molecule has 0 amide bonds. The number of hydrogen-bond acceptors (Lipinski definition) is 6. The van der Waals surface area contributed by atoms with E-state index in [1.807, 2.05) is 47.4 Å². The lowest BCUT2D eigenvalue weighted by Gasteiger charge is -2.41. The van der Waals surface area contributed by atoms with Crippen molar-refractivity contribution in [3.63, 3.8) is 0 Å². The number of nitrogens with one attached hydrogen (secondary N) is 1. The normalized spacial score (nSPS) is 16.0. The van der Waals surface area contributed by atoms with Crippen LogP contribution in [0.5, 0.6) is 0 Å². The molecule has 0 fully saturated rings. The Kier molecular flexibility index (Phi) is 5.55. The molecule has 4 rings (SSSR count). The van der Waals surface area contributed by atoms with Crippen LogP contribution in [0.25, 0.3) is 11.3 Å². The van der Waals surface area contributed by atoms with Gasteiger partial charge in [0.25, 0.3) is 5.56 Å². The number of benzene rings is 1. The number of β-amino-alcohol motifs (C(OH)–C–C–N with tert-alkyl or cyclic N) is 1. The molecule has 0 saturated heterocycles. The van der Waals surface area contributed by atoms with Crippen molar-refractivity contribution < 1.29 is 5.11 Å². The molecule has 1 aromatic carbocycles. The summed E-state index contributed by atoms with van der Waals surface area (Å²) in [7, 11) is 0. The zero-order valence-electron chi connectivity index (χ0n) is 17.3. The van der Waals surface area contributed by atoms with Crippen molar-refractivity contribution in [2.45, 2.75) is 26.5 Å². The molecule has 1 unspecified atom stereocenters.